The second kappa shape index (κ2) is 7.96. The Morgan fingerprint density at radius 2 is 1.79 bits per heavy atom. The fourth-order valence-corrected chi connectivity index (χ4v) is 3.04. The van der Waals surface area contributed by atoms with Crippen molar-refractivity contribution in [3.63, 3.8) is 0 Å². The van der Waals surface area contributed by atoms with Crippen LogP contribution in [-0.4, -0.2) is 48.1 Å². The van der Waals surface area contributed by atoms with Crippen molar-refractivity contribution in [2.75, 3.05) is 20.3 Å². The number of amides is 2. The van der Waals surface area contributed by atoms with Gasteiger partial charge in [0, 0.05) is 11.1 Å². The van der Waals surface area contributed by atoms with Crippen molar-refractivity contribution in [3.05, 3.63) is 59.2 Å². The third kappa shape index (κ3) is 3.59. The number of carbonyl (C=O) groups is 3. The minimum absolute atomic E-state index is 0.239. The second-order valence-electron chi connectivity index (χ2n) is 6.04. The summed E-state index contributed by atoms with van der Waals surface area (Å²) in [4.78, 5) is 37.3. The molecule has 0 aromatic heterocycles. The molecule has 28 heavy (non-hydrogen) atoms. The minimum Gasteiger partial charge on any atom is -0.493 e. The van der Waals surface area contributed by atoms with E-state index in [9.17, 15) is 14.4 Å². The number of carbonyl (C=O) groups excluding carboxylic acids is 2. The number of hydrogen-bond acceptors (Lipinski definition) is 5. The fraction of sp³-hybridized carbons (Fsp3) is 0.190. The molecule has 2 amide bonds. The molecular weight excluding hydrogens is 362 g/mol. The number of aliphatic carboxylic acids is 1. The van der Waals surface area contributed by atoms with E-state index in [0.717, 1.165) is 4.90 Å². The Balaban J connectivity index is 2.11. The molecule has 2 aromatic carbocycles. The highest BCUT2D eigenvalue weighted by Gasteiger charge is 2.35. The molecular formula is C21H19NO6. The maximum Gasteiger partial charge on any atom is 0.323 e. The van der Waals surface area contributed by atoms with Gasteiger partial charge in [-0.15, -0.1) is 0 Å². The fourth-order valence-electron chi connectivity index (χ4n) is 3.04. The van der Waals surface area contributed by atoms with Crippen molar-refractivity contribution in [1.82, 2.24) is 4.90 Å². The van der Waals surface area contributed by atoms with Crippen LogP contribution >= 0.6 is 0 Å². The zero-order chi connectivity index (χ0) is 20.3. The highest BCUT2D eigenvalue weighted by atomic mass is 16.5. The molecule has 0 aliphatic carbocycles. The molecule has 0 radical (unpaired) electrons. The number of fused-ring (bicyclic) bond motifs is 1. The zero-order valence-electron chi connectivity index (χ0n) is 15.5. The molecule has 1 heterocycles. The Morgan fingerprint density at radius 3 is 2.43 bits per heavy atom. The van der Waals surface area contributed by atoms with Crippen molar-refractivity contribution < 1.29 is 29.0 Å². The smallest absolute Gasteiger partial charge is 0.323 e. The normalized spacial score (nSPS) is 14.8. The first-order valence-electron chi connectivity index (χ1n) is 8.66. The van der Waals surface area contributed by atoms with E-state index in [4.69, 9.17) is 14.6 Å². The molecule has 3 rings (SSSR count). The summed E-state index contributed by atoms with van der Waals surface area (Å²) in [6, 6.07) is 11.8. The van der Waals surface area contributed by atoms with Crippen LogP contribution in [0.15, 0.2) is 42.5 Å². The van der Waals surface area contributed by atoms with Gasteiger partial charge >= 0.3 is 5.97 Å². The summed E-state index contributed by atoms with van der Waals surface area (Å²) in [6.07, 6.45) is 1.61. The SMILES string of the molecule is CCOc1ccc(/C=C2\C(=O)N(CC(=O)O)C(=O)c3ccccc32)cc1OC. The van der Waals surface area contributed by atoms with Crippen molar-refractivity contribution in [2.24, 2.45) is 0 Å². The van der Waals surface area contributed by atoms with Gasteiger partial charge in [-0.1, -0.05) is 24.3 Å². The molecule has 0 atom stereocenters. The number of carboxylic acids is 1. The number of methoxy groups -OCH3 is 1. The number of nitrogens with zero attached hydrogens (tertiary/aromatic N) is 1. The van der Waals surface area contributed by atoms with Gasteiger partial charge in [-0.2, -0.15) is 0 Å². The number of rotatable bonds is 6. The second-order valence-corrected chi connectivity index (χ2v) is 6.04. The Morgan fingerprint density at radius 1 is 1.07 bits per heavy atom. The monoisotopic (exact) mass is 381 g/mol. The first kappa shape index (κ1) is 19.2. The Hall–Kier alpha value is -3.61. The molecule has 0 bridgehead atoms. The lowest BCUT2D eigenvalue weighted by Gasteiger charge is -2.27. The van der Waals surface area contributed by atoms with Gasteiger partial charge in [0.15, 0.2) is 11.5 Å². The summed E-state index contributed by atoms with van der Waals surface area (Å²) in [7, 11) is 1.52. The largest absolute Gasteiger partial charge is 0.493 e. The van der Waals surface area contributed by atoms with E-state index >= 15 is 0 Å². The molecule has 0 spiro atoms. The Labute approximate surface area is 161 Å². The third-order valence-electron chi connectivity index (χ3n) is 4.26. The van der Waals surface area contributed by atoms with E-state index in [0.29, 0.717) is 29.2 Å². The van der Waals surface area contributed by atoms with Gasteiger partial charge in [0.25, 0.3) is 11.8 Å². The van der Waals surface area contributed by atoms with Crippen LogP contribution in [0, 0.1) is 0 Å². The van der Waals surface area contributed by atoms with Gasteiger partial charge in [0.2, 0.25) is 0 Å². The predicted octanol–water partition coefficient (Wildman–Crippen LogP) is 2.70. The van der Waals surface area contributed by atoms with Crippen molar-refractivity contribution in [3.8, 4) is 11.5 Å². The summed E-state index contributed by atoms with van der Waals surface area (Å²) in [5, 5.41) is 9.08. The first-order chi connectivity index (χ1) is 13.5. The van der Waals surface area contributed by atoms with Crippen LogP contribution in [0.4, 0.5) is 0 Å². The molecule has 1 N–H and O–H groups in total. The first-order valence-corrected chi connectivity index (χ1v) is 8.66. The molecule has 0 saturated carbocycles. The summed E-state index contributed by atoms with van der Waals surface area (Å²) >= 11 is 0. The summed E-state index contributed by atoms with van der Waals surface area (Å²) in [5.41, 5.74) is 1.64. The quantitative estimate of drug-likeness (QED) is 0.611. The van der Waals surface area contributed by atoms with Crippen LogP contribution in [-0.2, 0) is 9.59 Å². The van der Waals surface area contributed by atoms with Gasteiger partial charge in [0.1, 0.15) is 6.54 Å². The van der Waals surface area contributed by atoms with Gasteiger partial charge in [-0.25, -0.2) is 0 Å². The van der Waals surface area contributed by atoms with Crippen LogP contribution < -0.4 is 9.47 Å². The number of imide groups is 1. The molecule has 0 fully saturated rings. The third-order valence-corrected chi connectivity index (χ3v) is 4.26. The van der Waals surface area contributed by atoms with Crippen LogP contribution in [0.2, 0.25) is 0 Å². The number of benzene rings is 2. The Kier molecular flexibility index (Phi) is 5.44. The van der Waals surface area contributed by atoms with Crippen molar-refractivity contribution in [2.45, 2.75) is 6.92 Å². The van der Waals surface area contributed by atoms with E-state index in [1.54, 1.807) is 48.5 Å². The van der Waals surface area contributed by atoms with E-state index < -0.39 is 24.3 Å². The van der Waals surface area contributed by atoms with Crippen LogP contribution in [0.5, 0.6) is 11.5 Å². The summed E-state index contributed by atoms with van der Waals surface area (Å²) in [6.45, 7) is 1.64. The van der Waals surface area contributed by atoms with Gasteiger partial charge in [-0.3, -0.25) is 19.3 Å². The maximum atomic E-state index is 12.9. The van der Waals surface area contributed by atoms with E-state index in [1.165, 1.54) is 7.11 Å². The van der Waals surface area contributed by atoms with Crippen molar-refractivity contribution >= 4 is 29.4 Å². The molecule has 1 aliphatic heterocycles. The lowest BCUT2D eigenvalue weighted by Crippen LogP contribution is -2.44. The van der Waals surface area contributed by atoms with Crippen LogP contribution in [0.3, 0.4) is 0 Å². The lowest BCUT2D eigenvalue weighted by molar-refractivity contribution is -0.141. The average molecular weight is 381 g/mol. The molecule has 2 aromatic rings. The molecule has 0 saturated heterocycles. The van der Waals surface area contributed by atoms with Gasteiger partial charge in [-0.05, 0) is 42.3 Å². The highest BCUT2D eigenvalue weighted by molar-refractivity contribution is 6.34. The number of ether oxygens (including phenoxy) is 2. The van der Waals surface area contributed by atoms with E-state index in [-0.39, 0.29) is 11.1 Å². The molecule has 7 heteroatoms. The van der Waals surface area contributed by atoms with E-state index in [2.05, 4.69) is 0 Å². The number of hydrogen-bond donors (Lipinski definition) is 1. The summed E-state index contributed by atoms with van der Waals surface area (Å²) < 4.78 is 10.8. The van der Waals surface area contributed by atoms with Gasteiger partial charge in [0.05, 0.1) is 13.7 Å². The standard InChI is InChI=1S/C21H19NO6/c1-3-28-17-9-8-13(11-18(17)27-2)10-16-14-6-4-5-7-15(14)20(25)22(21(16)26)12-19(23)24/h4-11H,3,12H2,1-2H3,(H,23,24)/b16-10-. The zero-order valence-corrected chi connectivity index (χ0v) is 15.5. The maximum absolute atomic E-state index is 12.9. The number of carboxylic acid groups (broad SMARTS) is 1. The molecule has 144 valence electrons. The van der Waals surface area contributed by atoms with Crippen LogP contribution in [0.25, 0.3) is 11.6 Å². The molecule has 1 aliphatic rings. The average Bonchev–Trinajstić information content (AvgIpc) is 2.69. The van der Waals surface area contributed by atoms with Crippen molar-refractivity contribution in [1.29, 1.82) is 0 Å². The predicted molar refractivity (Wildman–Crippen MR) is 102 cm³/mol. The molecule has 0 unspecified atom stereocenters. The highest BCUT2D eigenvalue weighted by Crippen LogP contribution is 2.33. The Bertz CT molecular complexity index is 979. The molecule has 7 nitrogen and oxygen atoms in total. The van der Waals surface area contributed by atoms with Gasteiger partial charge < -0.3 is 14.6 Å². The summed E-state index contributed by atoms with van der Waals surface area (Å²) in [5.74, 6) is -1.46. The lowest BCUT2D eigenvalue weighted by atomic mass is 9.92. The van der Waals surface area contributed by atoms with Crippen LogP contribution in [0.1, 0.15) is 28.4 Å². The minimum atomic E-state index is -1.26. The topological polar surface area (TPSA) is 93.1 Å². The van der Waals surface area contributed by atoms with E-state index in [1.807, 2.05) is 6.92 Å².